The molecule has 1 N–H and O–H groups in total. The van der Waals surface area contributed by atoms with Crippen LogP contribution in [0.3, 0.4) is 0 Å². The predicted molar refractivity (Wildman–Crippen MR) is 69.2 cm³/mol. The van der Waals surface area contributed by atoms with Gasteiger partial charge < -0.3 is 5.32 Å². The molecule has 17 heavy (non-hydrogen) atoms. The lowest BCUT2D eigenvalue weighted by atomic mass is 10.2. The molecule has 1 aromatic carbocycles. The van der Waals surface area contributed by atoms with Crippen molar-refractivity contribution in [2.45, 2.75) is 13.8 Å². The summed E-state index contributed by atoms with van der Waals surface area (Å²) in [5.74, 6) is 3.42. The Morgan fingerprint density at radius 3 is 2.82 bits per heavy atom. The SMILES string of the molecule is C#Cc1cccc(Nc2ncnc(C)c2C)c1. The first-order valence-corrected chi connectivity index (χ1v) is 5.32. The zero-order valence-corrected chi connectivity index (χ0v) is 9.86. The summed E-state index contributed by atoms with van der Waals surface area (Å²) in [5.41, 5.74) is 3.79. The van der Waals surface area contributed by atoms with Crippen LogP contribution < -0.4 is 5.32 Å². The van der Waals surface area contributed by atoms with Crippen molar-refractivity contribution in [1.29, 1.82) is 0 Å². The first-order chi connectivity index (χ1) is 8.20. The van der Waals surface area contributed by atoms with Gasteiger partial charge in [-0.05, 0) is 32.0 Å². The third-order valence-electron chi connectivity index (χ3n) is 2.63. The third-order valence-corrected chi connectivity index (χ3v) is 2.63. The number of benzene rings is 1. The van der Waals surface area contributed by atoms with Crippen LogP contribution in [-0.2, 0) is 0 Å². The average molecular weight is 223 g/mol. The van der Waals surface area contributed by atoms with Gasteiger partial charge in [0, 0.05) is 22.5 Å². The quantitative estimate of drug-likeness (QED) is 0.795. The summed E-state index contributed by atoms with van der Waals surface area (Å²) < 4.78 is 0. The maximum absolute atomic E-state index is 5.36. The molecule has 0 saturated heterocycles. The molecule has 0 spiro atoms. The highest BCUT2D eigenvalue weighted by Crippen LogP contribution is 2.19. The molecule has 0 amide bonds. The van der Waals surface area contributed by atoms with Gasteiger partial charge in [0.25, 0.3) is 0 Å². The second-order valence-electron chi connectivity index (χ2n) is 3.78. The Balaban J connectivity index is 2.32. The van der Waals surface area contributed by atoms with Gasteiger partial charge in [0.15, 0.2) is 0 Å². The summed E-state index contributed by atoms with van der Waals surface area (Å²) in [4.78, 5) is 8.35. The molecule has 0 unspecified atom stereocenters. The van der Waals surface area contributed by atoms with Gasteiger partial charge in [0.2, 0.25) is 0 Å². The minimum absolute atomic E-state index is 0.812. The molecule has 1 aromatic heterocycles. The number of anilines is 2. The molecule has 1 heterocycles. The van der Waals surface area contributed by atoms with Gasteiger partial charge in [0.1, 0.15) is 12.1 Å². The number of rotatable bonds is 2. The van der Waals surface area contributed by atoms with Gasteiger partial charge >= 0.3 is 0 Å². The number of aromatic nitrogens is 2. The maximum Gasteiger partial charge on any atom is 0.136 e. The van der Waals surface area contributed by atoms with Gasteiger partial charge in [-0.3, -0.25) is 0 Å². The van der Waals surface area contributed by atoms with Gasteiger partial charge in [-0.2, -0.15) is 0 Å². The lowest BCUT2D eigenvalue weighted by molar-refractivity contribution is 1.06. The molecule has 84 valence electrons. The van der Waals surface area contributed by atoms with Gasteiger partial charge in [0.05, 0.1) is 0 Å². The number of hydrogen-bond donors (Lipinski definition) is 1. The van der Waals surface area contributed by atoms with Crippen molar-refractivity contribution in [1.82, 2.24) is 9.97 Å². The Morgan fingerprint density at radius 1 is 1.24 bits per heavy atom. The van der Waals surface area contributed by atoms with E-state index in [1.54, 1.807) is 6.33 Å². The maximum atomic E-state index is 5.36. The topological polar surface area (TPSA) is 37.8 Å². The van der Waals surface area contributed by atoms with E-state index in [2.05, 4.69) is 21.2 Å². The summed E-state index contributed by atoms with van der Waals surface area (Å²) in [6, 6.07) is 7.68. The summed E-state index contributed by atoms with van der Waals surface area (Å²) in [6.45, 7) is 3.95. The van der Waals surface area contributed by atoms with E-state index >= 15 is 0 Å². The van der Waals surface area contributed by atoms with Crippen molar-refractivity contribution in [3.05, 3.63) is 47.4 Å². The summed E-state index contributed by atoms with van der Waals surface area (Å²) in [6.07, 6.45) is 6.91. The van der Waals surface area contributed by atoms with Crippen LogP contribution in [0.15, 0.2) is 30.6 Å². The highest BCUT2D eigenvalue weighted by molar-refractivity contribution is 5.61. The average Bonchev–Trinajstić information content (AvgIpc) is 2.35. The van der Waals surface area contributed by atoms with Crippen LogP contribution >= 0.6 is 0 Å². The molecule has 0 bridgehead atoms. The first kappa shape index (κ1) is 11.2. The molecule has 0 aliphatic carbocycles. The van der Waals surface area contributed by atoms with Gasteiger partial charge in [-0.25, -0.2) is 9.97 Å². The van der Waals surface area contributed by atoms with E-state index in [0.29, 0.717) is 0 Å². The minimum atomic E-state index is 0.812. The van der Waals surface area contributed by atoms with Crippen LogP contribution in [0.1, 0.15) is 16.8 Å². The van der Waals surface area contributed by atoms with Crippen LogP contribution in [0, 0.1) is 26.2 Å². The van der Waals surface area contributed by atoms with E-state index in [1.807, 2.05) is 38.1 Å². The Bertz CT molecular complexity index is 582. The van der Waals surface area contributed by atoms with Crippen molar-refractivity contribution in [3.8, 4) is 12.3 Å². The van der Waals surface area contributed by atoms with Gasteiger partial charge in [-0.15, -0.1) is 6.42 Å². The molecule has 2 rings (SSSR count). The molecule has 0 fully saturated rings. The lowest BCUT2D eigenvalue weighted by Crippen LogP contribution is -1.99. The van der Waals surface area contributed by atoms with E-state index in [-0.39, 0.29) is 0 Å². The molecule has 0 atom stereocenters. The number of nitrogens with one attached hydrogen (secondary N) is 1. The van der Waals surface area contributed by atoms with Crippen molar-refractivity contribution < 1.29 is 0 Å². The fourth-order valence-corrected chi connectivity index (χ4v) is 1.49. The summed E-state index contributed by atoms with van der Waals surface area (Å²) in [5, 5.41) is 3.24. The third kappa shape index (κ3) is 2.43. The highest BCUT2D eigenvalue weighted by atomic mass is 15.0. The van der Waals surface area contributed by atoms with Crippen LogP contribution in [0.4, 0.5) is 11.5 Å². The van der Waals surface area contributed by atoms with Crippen molar-refractivity contribution in [3.63, 3.8) is 0 Å². The van der Waals surface area contributed by atoms with E-state index in [1.165, 1.54) is 0 Å². The Kier molecular flexibility index (Phi) is 3.06. The molecule has 3 heteroatoms. The first-order valence-electron chi connectivity index (χ1n) is 5.32. The molecule has 0 aliphatic heterocycles. The van der Waals surface area contributed by atoms with E-state index < -0.39 is 0 Å². The predicted octanol–water partition coefficient (Wildman–Crippen LogP) is 2.82. The molecular weight excluding hydrogens is 210 g/mol. The smallest absolute Gasteiger partial charge is 0.136 e. The van der Waals surface area contributed by atoms with E-state index in [4.69, 9.17) is 6.42 Å². The lowest BCUT2D eigenvalue weighted by Gasteiger charge is -2.09. The van der Waals surface area contributed by atoms with Gasteiger partial charge in [-0.1, -0.05) is 12.0 Å². The Labute approximate surface area is 101 Å². The molecular formula is C14H13N3. The summed E-state index contributed by atoms with van der Waals surface area (Å²) >= 11 is 0. The number of nitrogens with zero attached hydrogens (tertiary/aromatic N) is 2. The second-order valence-corrected chi connectivity index (χ2v) is 3.78. The van der Waals surface area contributed by atoms with Crippen LogP contribution in [0.5, 0.6) is 0 Å². The van der Waals surface area contributed by atoms with Crippen molar-refractivity contribution >= 4 is 11.5 Å². The summed E-state index contributed by atoms with van der Waals surface area (Å²) in [7, 11) is 0. The monoisotopic (exact) mass is 223 g/mol. The zero-order chi connectivity index (χ0) is 12.3. The molecule has 2 aromatic rings. The molecule has 0 saturated carbocycles. The Morgan fingerprint density at radius 2 is 2.06 bits per heavy atom. The van der Waals surface area contributed by atoms with Crippen molar-refractivity contribution in [2.24, 2.45) is 0 Å². The number of aryl methyl sites for hydroxylation is 1. The Hall–Kier alpha value is -2.34. The molecule has 3 nitrogen and oxygen atoms in total. The van der Waals surface area contributed by atoms with Crippen molar-refractivity contribution in [2.75, 3.05) is 5.32 Å². The largest absolute Gasteiger partial charge is 0.340 e. The fourth-order valence-electron chi connectivity index (χ4n) is 1.49. The minimum Gasteiger partial charge on any atom is -0.340 e. The van der Waals surface area contributed by atoms with Crippen LogP contribution in [0.25, 0.3) is 0 Å². The normalized spacial score (nSPS) is 9.71. The number of terminal acetylenes is 1. The van der Waals surface area contributed by atoms with Crippen LogP contribution in [0.2, 0.25) is 0 Å². The molecule has 0 radical (unpaired) electrons. The molecule has 0 aliphatic rings. The zero-order valence-electron chi connectivity index (χ0n) is 9.86. The standard InChI is InChI=1S/C14H13N3/c1-4-12-6-5-7-13(8-12)17-14-10(2)11(3)15-9-16-14/h1,5-9H,2-3H3,(H,15,16,17). The highest BCUT2D eigenvalue weighted by Gasteiger charge is 2.03. The van der Waals surface area contributed by atoms with E-state index in [0.717, 1.165) is 28.3 Å². The van der Waals surface area contributed by atoms with Crippen LogP contribution in [-0.4, -0.2) is 9.97 Å². The second kappa shape index (κ2) is 4.67. The fraction of sp³-hybridized carbons (Fsp3) is 0.143. The number of hydrogen-bond acceptors (Lipinski definition) is 3. The van der Waals surface area contributed by atoms with E-state index in [9.17, 15) is 0 Å².